The minimum Gasteiger partial charge on any atom is -0.389 e. The number of rotatable bonds is 2. The highest BCUT2D eigenvalue weighted by Gasteiger charge is 2.05. The van der Waals surface area contributed by atoms with E-state index in [4.69, 9.17) is 11.0 Å². The Hall–Kier alpha value is -1.86. The first-order valence-corrected chi connectivity index (χ1v) is 5.71. The summed E-state index contributed by atoms with van der Waals surface area (Å²) in [5, 5.41) is 10.5. The zero-order chi connectivity index (χ0) is 11.5. The van der Waals surface area contributed by atoms with E-state index >= 15 is 0 Å². The molecule has 0 fully saturated rings. The molecular formula is C12H11N3S. The van der Waals surface area contributed by atoms with Crippen LogP contribution in [0.1, 0.15) is 21.8 Å². The lowest BCUT2D eigenvalue weighted by atomic mass is 10.1. The monoisotopic (exact) mass is 229 g/mol. The standard InChI is InChI=1S/C12H11N3S/c1-8-12(14)16-11(15-8)6-9-2-4-10(7-13)5-3-9/h2-5H,6,14H2,1H3. The average Bonchev–Trinajstić information content (AvgIpc) is 2.59. The molecule has 80 valence electrons. The van der Waals surface area contributed by atoms with Crippen LogP contribution >= 0.6 is 11.3 Å². The van der Waals surface area contributed by atoms with Gasteiger partial charge in [0.2, 0.25) is 0 Å². The molecule has 0 spiro atoms. The van der Waals surface area contributed by atoms with E-state index in [2.05, 4.69) is 11.1 Å². The molecule has 4 heteroatoms. The van der Waals surface area contributed by atoms with Gasteiger partial charge in [-0.25, -0.2) is 4.98 Å². The van der Waals surface area contributed by atoms with E-state index in [1.807, 2.05) is 31.2 Å². The molecule has 1 aromatic heterocycles. The van der Waals surface area contributed by atoms with Crippen molar-refractivity contribution in [1.29, 1.82) is 5.26 Å². The fraction of sp³-hybridized carbons (Fsp3) is 0.167. The molecule has 0 saturated heterocycles. The van der Waals surface area contributed by atoms with Crippen molar-refractivity contribution in [2.24, 2.45) is 0 Å². The number of anilines is 1. The fourth-order valence-corrected chi connectivity index (χ4v) is 2.28. The predicted molar refractivity (Wildman–Crippen MR) is 65.2 cm³/mol. The summed E-state index contributed by atoms with van der Waals surface area (Å²) in [6.45, 7) is 1.91. The number of nitriles is 1. The topological polar surface area (TPSA) is 62.7 Å². The number of nitrogen functional groups attached to an aromatic ring is 1. The van der Waals surface area contributed by atoms with Gasteiger partial charge in [-0.1, -0.05) is 12.1 Å². The summed E-state index contributed by atoms with van der Waals surface area (Å²) in [6, 6.07) is 9.64. The van der Waals surface area contributed by atoms with E-state index in [1.165, 1.54) is 11.3 Å². The lowest BCUT2D eigenvalue weighted by Crippen LogP contribution is -1.87. The maximum absolute atomic E-state index is 8.68. The minimum absolute atomic E-state index is 0.679. The van der Waals surface area contributed by atoms with Crippen LogP contribution in [0.2, 0.25) is 0 Å². The summed E-state index contributed by atoms with van der Waals surface area (Å²) in [6.07, 6.45) is 0.772. The second-order valence-corrected chi connectivity index (χ2v) is 4.66. The third-order valence-corrected chi connectivity index (χ3v) is 3.30. The summed E-state index contributed by atoms with van der Waals surface area (Å²) in [5.41, 5.74) is 8.48. The Kier molecular flexibility index (Phi) is 2.88. The average molecular weight is 229 g/mol. The fourth-order valence-electron chi connectivity index (χ4n) is 1.41. The first kappa shape index (κ1) is 10.7. The van der Waals surface area contributed by atoms with E-state index in [-0.39, 0.29) is 0 Å². The summed E-state index contributed by atoms with van der Waals surface area (Å²) < 4.78 is 0. The normalized spacial score (nSPS) is 10.0. The van der Waals surface area contributed by atoms with Crippen LogP contribution in [0.15, 0.2) is 24.3 Å². The molecule has 2 rings (SSSR count). The molecule has 1 heterocycles. The molecule has 0 amide bonds. The van der Waals surface area contributed by atoms with Gasteiger partial charge < -0.3 is 5.73 Å². The molecule has 0 aliphatic heterocycles. The molecule has 0 atom stereocenters. The lowest BCUT2D eigenvalue weighted by Gasteiger charge is -1.97. The van der Waals surface area contributed by atoms with Gasteiger partial charge in [-0.3, -0.25) is 0 Å². The van der Waals surface area contributed by atoms with Gasteiger partial charge in [-0.05, 0) is 24.6 Å². The van der Waals surface area contributed by atoms with Crippen LogP contribution in [0.5, 0.6) is 0 Å². The maximum atomic E-state index is 8.68. The van der Waals surface area contributed by atoms with Crippen molar-refractivity contribution in [2.75, 3.05) is 5.73 Å². The molecule has 0 radical (unpaired) electrons. The van der Waals surface area contributed by atoms with Gasteiger partial charge in [0.15, 0.2) is 0 Å². The maximum Gasteiger partial charge on any atom is 0.109 e. The van der Waals surface area contributed by atoms with Gasteiger partial charge in [0.1, 0.15) is 5.00 Å². The van der Waals surface area contributed by atoms with Gasteiger partial charge in [0.05, 0.1) is 22.3 Å². The largest absolute Gasteiger partial charge is 0.389 e. The van der Waals surface area contributed by atoms with Crippen LogP contribution in [0.4, 0.5) is 5.00 Å². The quantitative estimate of drug-likeness (QED) is 0.860. The third-order valence-electron chi connectivity index (χ3n) is 2.32. The number of aryl methyl sites for hydroxylation is 1. The van der Waals surface area contributed by atoms with Crippen molar-refractivity contribution in [1.82, 2.24) is 4.98 Å². The first-order valence-electron chi connectivity index (χ1n) is 4.90. The van der Waals surface area contributed by atoms with Crippen LogP contribution in [0.3, 0.4) is 0 Å². The van der Waals surface area contributed by atoms with Crippen LogP contribution in [0, 0.1) is 18.3 Å². The van der Waals surface area contributed by atoms with E-state index < -0.39 is 0 Å². The number of hydrogen-bond donors (Lipinski definition) is 1. The molecule has 3 nitrogen and oxygen atoms in total. The number of nitrogens with zero attached hydrogens (tertiary/aromatic N) is 2. The second kappa shape index (κ2) is 4.33. The Morgan fingerprint density at radius 1 is 1.38 bits per heavy atom. The molecule has 0 saturated carbocycles. The molecular weight excluding hydrogens is 218 g/mol. The third kappa shape index (κ3) is 2.20. The van der Waals surface area contributed by atoms with Crippen molar-refractivity contribution < 1.29 is 0 Å². The molecule has 2 aromatic rings. The van der Waals surface area contributed by atoms with E-state index in [9.17, 15) is 0 Å². The summed E-state index contributed by atoms with van der Waals surface area (Å²) in [5.74, 6) is 0. The SMILES string of the molecule is Cc1nc(Cc2ccc(C#N)cc2)sc1N. The molecule has 0 unspecified atom stereocenters. The molecule has 0 bridgehead atoms. The number of hydrogen-bond acceptors (Lipinski definition) is 4. The molecule has 0 aliphatic carbocycles. The smallest absolute Gasteiger partial charge is 0.109 e. The Morgan fingerprint density at radius 3 is 2.56 bits per heavy atom. The van der Waals surface area contributed by atoms with E-state index in [1.54, 1.807) is 0 Å². The minimum atomic E-state index is 0.679. The number of benzene rings is 1. The van der Waals surface area contributed by atoms with Crippen LogP contribution in [-0.4, -0.2) is 4.98 Å². The number of aromatic nitrogens is 1. The summed E-state index contributed by atoms with van der Waals surface area (Å²) in [7, 11) is 0. The van der Waals surface area contributed by atoms with Crippen molar-refractivity contribution in [3.05, 3.63) is 46.1 Å². The highest BCUT2D eigenvalue weighted by molar-refractivity contribution is 7.15. The second-order valence-electron chi connectivity index (χ2n) is 3.54. The van der Waals surface area contributed by atoms with Crippen molar-refractivity contribution in [3.8, 4) is 6.07 Å². The van der Waals surface area contributed by atoms with Crippen molar-refractivity contribution in [3.63, 3.8) is 0 Å². The number of nitrogens with two attached hydrogens (primary N) is 1. The highest BCUT2D eigenvalue weighted by Crippen LogP contribution is 2.22. The summed E-state index contributed by atoms with van der Waals surface area (Å²) in [4.78, 5) is 4.38. The van der Waals surface area contributed by atoms with Crippen LogP contribution in [-0.2, 0) is 6.42 Å². The van der Waals surface area contributed by atoms with Crippen LogP contribution in [0.25, 0.3) is 0 Å². The van der Waals surface area contributed by atoms with Crippen LogP contribution < -0.4 is 5.73 Å². The Labute approximate surface area is 98.2 Å². The van der Waals surface area contributed by atoms with Gasteiger partial charge in [0, 0.05) is 6.42 Å². The van der Waals surface area contributed by atoms with Crippen molar-refractivity contribution >= 4 is 16.3 Å². The van der Waals surface area contributed by atoms with Gasteiger partial charge in [0.25, 0.3) is 0 Å². The summed E-state index contributed by atoms with van der Waals surface area (Å²) >= 11 is 1.52. The zero-order valence-electron chi connectivity index (χ0n) is 8.90. The van der Waals surface area contributed by atoms with Gasteiger partial charge in [-0.15, -0.1) is 11.3 Å². The van der Waals surface area contributed by atoms with Gasteiger partial charge >= 0.3 is 0 Å². The molecule has 1 aromatic carbocycles. The predicted octanol–water partition coefficient (Wildman–Crippen LogP) is 2.50. The lowest BCUT2D eigenvalue weighted by molar-refractivity contribution is 1.10. The highest BCUT2D eigenvalue weighted by atomic mass is 32.1. The Morgan fingerprint density at radius 2 is 2.06 bits per heavy atom. The Bertz CT molecular complexity index is 515. The zero-order valence-corrected chi connectivity index (χ0v) is 9.71. The van der Waals surface area contributed by atoms with E-state index in [0.29, 0.717) is 5.56 Å². The van der Waals surface area contributed by atoms with E-state index in [0.717, 1.165) is 27.7 Å². The number of thiazole rings is 1. The van der Waals surface area contributed by atoms with Crippen molar-refractivity contribution in [2.45, 2.75) is 13.3 Å². The molecule has 2 N–H and O–H groups in total. The molecule has 0 aliphatic rings. The molecule has 16 heavy (non-hydrogen) atoms. The first-order chi connectivity index (χ1) is 7.69. The Balaban J connectivity index is 2.18. The van der Waals surface area contributed by atoms with Gasteiger partial charge in [-0.2, -0.15) is 5.26 Å².